The lowest BCUT2D eigenvalue weighted by atomic mass is 10.1. The van der Waals surface area contributed by atoms with E-state index in [1.54, 1.807) is 36.4 Å². The molecule has 1 aromatic heterocycles. The Hall–Kier alpha value is -3.55. The van der Waals surface area contributed by atoms with Crippen molar-refractivity contribution in [2.24, 2.45) is 0 Å². The maximum Gasteiger partial charge on any atom is 0.416 e. The van der Waals surface area contributed by atoms with Gasteiger partial charge in [-0.25, -0.2) is 4.98 Å². The number of nitrogens with one attached hydrogen (secondary N) is 2. The molecule has 1 amide bonds. The molecular formula is C20H16F3N3O2. The van der Waals surface area contributed by atoms with Crippen molar-refractivity contribution < 1.29 is 23.1 Å². The summed E-state index contributed by atoms with van der Waals surface area (Å²) < 4.78 is 37.9. The molecule has 0 aliphatic heterocycles. The largest absolute Gasteiger partial charge is 0.508 e. The SMILES string of the molecule is O=C(Nc1ccc(C(F)(F)F)cc1)c1cccnc1NCc1cccc(O)c1. The first kappa shape index (κ1) is 19.2. The Morgan fingerprint density at radius 2 is 1.79 bits per heavy atom. The van der Waals surface area contributed by atoms with Gasteiger partial charge in [-0.1, -0.05) is 12.1 Å². The van der Waals surface area contributed by atoms with Crippen LogP contribution in [-0.4, -0.2) is 16.0 Å². The third-order valence-corrected chi connectivity index (χ3v) is 3.89. The molecule has 0 saturated carbocycles. The number of nitrogens with zero attached hydrogens (tertiary/aromatic N) is 1. The van der Waals surface area contributed by atoms with Gasteiger partial charge in [0.05, 0.1) is 11.1 Å². The highest BCUT2D eigenvalue weighted by atomic mass is 19.4. The van der Waals surface area contributed by atoms with Crippen LogP contribution in [0, 0.1) is 0 Å². The van der Waals surface area contributed by atoms with Gasteiger partial charge in [0.25, 0.3) is 5.91 Å². The van der Waals surface area contributed by atoms with E-state index in [1.807, 2.05) is 0 Å². The fourth-order valence-corrected chi connectivity index (χ4v) is 2.52. The number of amides is 1. The normalized spacial score (nSPS) is 11.1. The first-order chi connectivity index (χ1) is 13.3. The van der Waals surface area contributed by atoms with Crippen LogP contribution >= 0.6 is 0 Å². The molecule has 0 fully saturated rings. The lowest BCUT2D eigenvalue weighted by molar-refractivity contribution is -0.137. The van der Waals surface area contributed by atoms with Crippen molar-refractivity contribution in [3.8, 4) is 5.75 Å². The molecule has 5 nitrogen and oxygen atoms in total. The Morgan fingerprint density at radius 1 is 1.04 bits per heavy atom. The number of alkyl halides is 3. The Kier molecular flexibility index (Phi) is 5.49. The highest BCUT2D eigenvalue weighted by Crippen LogP contribution is 2.30. The van der Waals surface area contributed by atoms with Gasteiger partial charge in [0.2, 0.25) is 0 Å². The van der Waals surface area contributed by atoms with E-state index in [0.29, 0.717) is 12.4 Å². The van der Waals surface area contributed by atoms with Crippen molar-refractivity contribution in [1.29, 1.82) is 0 Å². The second-order valence-electron chi connectivity index (χ2n) is 5.95. The van der Waals surface area contributed by atoms with Gasteiger partial charge in [0.15, 0.2) is 0 Å². The third kappa shape index (κ3) is 4.79. The molecule has 0 spiro atoms. The summed E-state index contributed by atoms with van der Waals surface area (Å²) in [5.41, 5.74) is 0.475. The molecular weight excluding hydrogens is 371 g/mol. The summed E-state index contributed by atoms with van der Waals surface area (Å²) in [7, 11) is 0. The van der Waals surface area contributed by atoms with Crippen LogP contribution in [0.4, 0.5) is 24.7 Å². The Morgan fingerprint density at radius 3 is 2.46 bits per heavy atom. The first-order valence-electron chi connectivity index (χ1n) is 8.28. The van der Waals surface area contributed by atoms with Gasteiger partial charge >= 0.3 is 6.18 Å². The number of phenols is 1. The minimum atomic E-state index is -4.44. The molecule has 0 radical (unpaired) electrons. The topological polar surface area (TPSA) is 74.2 Å². The third-order valence-electron chi connectivity index (χ3n) is 3.89. The van der Waals surface area contributed by atoms with Gasteiger partial charge < -0.3 is 15.7 Å². The number of aromatic hydroxyl groups is 1. The summed E-state index contributed by atoms with van der Waals surface area (Å²) in [6, 6.07) is 14.0. The Bertz CT molecular complexity index is 973. The fraction of sp³-hybridized carbons (Fsp3) is 0.100. The van der Waals surface area contributed by atoms with Gasteiger partial charge in [-0.15, -0.1) is 0 Å². The number of carbonyl (C=O) groups excluding carboxylic acids is 1. The lowest BCUT2D eigenvalue weighted by Crippen LogP contribution is -2.16. The summed E-state index contributed by atoms with van der Waals surface area (Å²) in [6.07, 6.45) is -2.92. The van der Waals surface area contributed by atoms with E-state index < -0.39 is 17.6 Å². The van der Waals surface area contributed by atoms with E-state index in [-0.39, 0.29) is 17.0 Å². The second kappa shape index (κ2) is 7.99. The zero-order chi connectivity index (χ0) is 20.1. The van der Waals surface area contributed by atoms with Crippen LogP contribution in [0.2, 0.25) is 0 Å². The average molecular weight is 387 g/mol. The summed E-state index contributed by atoms with van der Waals surface area (Å²) in [5, 5.41) is 15.1. The van der Waals surface area contributed by atoms with Crippen LogP contribution in [0.3, 0.4) is 0 Å². The molecule has 0 aliphatic rings. The summed E-state index contributed by atoms with van der Waals surface area (Å²) in [4.78, 5) is 16.7. The van der Waals surface area contributed by atoms with Crippen LogP contribution < -0.4 is 10.6 Å². The van der Waals surface area contributed by atoms with Crippen molar-refractivity contribution in [3.05, 3.63) is 83.6 Å². The Balaban J connectivity index is 1.72. The van der Waals surface area contributed by atoms with Crippen molar-refractivity contribution in [2.45, 2.75) is 12.7 Å². The predicted octanol–water partition coefficient (Wildman–Crippen LogP) is 4.67. The van der Waals surface area contributed by atoms with Gasteiger partial charge in [0, 0.05) is 18.4 Å². The van der Waals surface area contributed by atoms with Crippen LogP contribution in [0.15, 0.2) is 66.9 Å². The summed E-state index contributed by atoms with van der Waals surface area (Å²) in [5.74, 6) is -0.0675. The minimum absolute atomic E-state index is 0.126. The number of phenolic OH excluding ortho intramolecular Hbond substituents is 1. The number of benzene rings is 2. The number of rotatable bonds is 5. The van der Waals surface area contributed by atoms with Gasteiger partial charge in [-0.3, -0.25) is 4.79 Å². The van der Waals surface area contributed by atoms with Crippen molar-refractivity contribution >= 4 is 17.4 Å². The molecule has 0 aliphatic carbocycles. The van der Waals surface area contributed by atoms with Gasteiger partial charge in [-0.05, 0) is 54.1 Å². The molecule has 144 valence electrons. The molecule has 3 aromatic rings. The predicted molar refractivity (Wildman–Crippen MR) is 99.1 cm³/mol. The molecule has 1 heterocycles. The standard InChI is InChI=1S/C20H16F3N3O2/c21-20(22,23)14-6-8-15(9-7-14)26-19(28)17-5-2-10-24-18(17)25-12-13-3-1-4-16(27)11-13/h1-11,27H,12H2,(H,24,25)(H,26,28). The number of aromatic nitrogens is 1. The smallest absolute Gasteiger partial charge is 0.416 e. The number of hydrogen-bond donors (Lipinski definition) is 3. The molecule has 2 aromatic carbocycles. The molecule has 0 atom stereocenters. The van der Waals surface area contributed by atoms with Crippen LogP contribution in [-0.2, 0) is 12.7 Å². The van der Waals surface area contributed by atoms with Crippen LogP contribution in [0.1, 0.15) is 21.5 Å². The average Bonchev–Trinajstić information content (AvgIpc) is 2.66. The van der Waals surface area contributed by atoms with Crippen molar-refractivity contribution in [3.63, 3.8) is 0 Å². The van der Waals surface area contributed by atoms with Gasteiger partial charge in [-0.2, -0.15) is 13.2 Å². The highest BCUT2D eigenvalue weighted by Gasteiger charge is 2.30. The summed E-state index contributed by atoms with van der Waals surface area (Å²) >= 11 is 0. The van der Waals surface area contributed by atoms with Crippen LogP contribution in [0.5, 0.6) is 5.75 Å². The number of halogens is 3. The maximum absolute atomic E-state index is 12.6. The highest BCUT2D eigenvalue weighted by molar-refractivity contribution is 6.07. The lowest BCUT2D eigenvalue weighted by Gasteiger charge is -2.12. The van der Waals surface area contributed by atoms with E-state index in [2.05, 4.69) is 15.6 Å². The van der Waals surface area contributed by atoms with Crippen LogP contribution in [0.25, 0.3) is 0 Å². The number of pyridine rings is 1. The maximum atomic E-state index is 12.6. The molecule has 28 heavy (non-hydrogen) atoms. The quantitative estimate of drug-likeness (QED) is 0.595. The molecule has 0 unspecified atom stereocenters. The first-order valence-corrected chi connectivity index (χ1v) is 8.28. The van der Waals surface area contributed by atoms with E-state index in [4.69, 9.17) is 0 Å². The zero-order valence-corrected chi connectivity index (χ0v) is 14.5. The van der Waals surface area contributed by atoms with Crippen molar-refractivity contribution in [1.82, 2.24) is 4.98 Å². The number of carbonyl (C=O) groups is 1. The monoisotopic (exact) mass is 387 g/mol. The second-order valence-corrected chi connectivity index (χ2v) is 5.95. The number of anilines is 2. The zero-order valence-electron chi connectivity index (χ0n) is 14.5. The fourth-order valence-electron chi connectivity index (χ4n) is 2.52. The molecule has 8 heteroatoms. The molecule has 3 rings (SSSR count). The van der Waals surface area contributed by atoms with E-state index in [9.17, 15) is 23.1 Å². The van der Waals surface area contributed by atoms with Crippen molar-refractivity contribution in [2.75, 3.05) is 10.6 Å². The molecule has 3 N–H and O–H groups in total. The minimum Gasteiger partial charge on any atom is -0.508 e. The van der Waals surface area contributed by atoms with E-state index >= 15 is 0 Å². The Labute approximate surface area is 158 Å². The van der Waals surface area contributed by atoms with E-state index in [0.717, 1.165) is 17.7 Å². The summed E-state index contributed by atoms with van der Waals surface area (Å²) in [6.45, 7) is 0.325. The molecule has 0 bridgehead atoms. The number of hydrogen-bond acceptors (Lipinski definition) is 4. The molecule has 0 saturated heterocycles. The van der Waals surface area contributed by atoms with E-state index in [1.165, 1.54) is 18.3 Å². The van der Waals surface area contributed by atoms with Gasteiger partial charge in [0.1, 0.15) is 11.6 Å².